The molecule has 1 unspecified atom stereocenters. The van der Waals surface area contributed by atoms with Crippen molar-refractivity contribution < 1.29 is 5.11 Å². The lowest BCUT2D eigenvalue weighted by molar-refractivity contribution is 0.241. The van der Waals surface area contributed by atoms with Gasteiger partial charge < -0.3 is 15.7 Å². The first kappa shape index (κ1) is 19.5. The summed E-state index contributed by atoms with van der Waals surface area (Å²) in [5, 5.41) is 15.7. The van der Waals surface area contributed by atoms with E-state index in [2.05, 4.69) is 60.7 Å². The SMILES string of the molecule is CCNC(=NCC(C)CO)NCCCc1ccc(C(C)C)cc1. The van der Waals surface area contributed by atoms with Crippen molar-refractivity contribution in [3.8, 4) is 0 Å². The van der Waals surface area contributed by atoms with Crippen molar-refractivity contribution in [3.63, 3.8) is 0 Å². The van der Waals surface area contributed by atoms with Crippen LogP contribution in [0, 0.1) is 5.92 Å². The number of aryl methyl sites for hydroxylation is 1. The number of nitrogens with zero attached hydrogens (tertiary/aromatic N) is 1. The second-order valence-electron chi connectivity index (χ2n) is 6.43. The first-order valence-corrected chi connectivity index (χ1v) is 8.78. The number of aliphatic hydroxyl groups excluding tert-OH is 1. The Hall–Kier alpha value is -1.55. The molecule has 23 heavy (non-hydrogen) atoms. The Labute approximate surface area is 141 Å². The monoisotopic (exact) mass is 319 g/mol. The minimum Gasteiger partial charge on any atom is -0.396 e. The molecule has 0 fully saturated rings. The summed E-state index contributed by atoms with van der Waals surface area (Å²) in [7, 11) is 0. The van der Waals surface area contributed by atoms with E-state index in [-0.39, 0.29) is 12.5 Å². The molecule has 4 nitrogen and oxygen atoms in total. The zero-order valence-electron chi connectivity index (χ0n) is 15.1. The molecule has 0 aromatic heterocycles. The van der Waals surface area contributed by atoms with E-state index in [9.17, 15) is 0 Å². The normalized spacial score (nSPS) is 13.2. The number of guanidine groups is 1. The van der Waals surface area contributed by atoms with Crippen molar-refractivity contribution in [1.82, 2.24) is 10.6 Å². The molecule has 130 valence electrons. The molecule has 0 saturated carbocycles. The molecule has 0 aliphatic heterocycles. The van der Waals surface area contributed by atoms with Gasteiger partial charge in [0.15, 0.2) is 5.96 Å². The summed E-state index contributed by atoms with van der Waals surface area (Å²) in [5.41, 5.74) is 2.78. The lowest BCUT2D eigenvalue weighted by Crippen LogP contribution is -2.38. The maximum atomic E-state index is 9.06. The minimum absolute atomic E-state index is 0.176. The smallest absolute Gasteiger partial charge is 0.191 e. The summed E-state index contributed by atoms with van der Waals surface area (Å²) in [5.74, 6) is 1.62. The van der Waals surface area contributed by atoms with Gasteiger partial charge in [-0.1, -0.05) is 45.0 Å². The molecule has 1 rings (SSSR count). The van der Waals surface area contributed by atoms with Gasteiger partial charge in [-0.25, -0.2) is 0 Å². The average Bonchev–Trinajstić information content (AvgIpc) is 2.56. The van der Waals surface area contributed by atoms with Crippen LogP contribution in [0.5, 0.6) is 0 Å². The number of nitrogens with one attached hydrogen (secondary N) is 2. The third kappa shape index (κ3) is 8.03. The van der Waals surface area contributed by atoms with Crippen LogP contribution in [-0.2, 0) is 6.42 Å². The van der Waals surface area contributed by atoms with Crippen LogP contribution >= 0.6 is 0 Å². The molecule has 0 radical (unpaired) electrons. The second kappa shape index (κ2) is 11.1. The first-order chi connectivity index (χ1) is 11.1. The van der Waals surface area contributed by atoms with Crippen molar-refractivity contribution in [2.75, 3.05) is 26.2 Å². The number of hydrogen-bond acceptors (Lipinski definition) is 2. The molecule has 0 aliphatic carbocycles. The topological polar surface area (TPSA) is 56.7 Å². The largest absolute Gasteiger partial charge is 0.396 e. The maximum absolute atomic E-state index is 9.06. The quantitative estimate of drug-likeness (QED) is 0.373. The second-order valence-corrected chi connectivity index (χ2v) is 6.43. The molecule has 0 spiro atoms. The van der Waals surface area contributed by atoms with Crippen LogP contribution in [0.1, 0.15) is 51.2 Å². The third-order valence-electron chi connectivity index (χ3n) is 3.80. The summed E-state index contributed by atoms with van der Waals surface area (Å²) in [4.78, 5) is 4.49. The van der Waals surface area contributed by atoms with Crippen LogP contribution in [0.15, 0.2) is 29.3 Å². The van der Waals surface area contributed by atoms with Crippen molar-refractivity contribution in [2.24, 2.45) is 10.9 Å². The molecular formula is C19H33N3O. The number of aliphatic imine (C=N–C) groups is 1. The van der Waals surface area contributed by atoms with E-state index < -0.39 is 0 Å². The Kier molecular flexibility index (Phi) is 9.37. The van der Waals surface area contributed by atoms with E-state index in [1.165, 1.54) is 11.1 Å². The summed E-state index contributed by atoms with van der Waals surface area (Å²) >= 11 is 0. The van der Waals surface area contributed by atoms with Crippen molar-refractivity contribution in [3.05, 3.63) is 35.4 Å². The fraction of sp³-hybridized carbons (Fsp3) is 0.632. The molecule has 0 heterocycles. The van der Waals surface area contributed by atoms with Crippen molar-refractivity contribution >= 4 is 5.96 Å². The van der Waals surface area contributed by atoms with Gasteiger partial charge >= 0.3 is 0 Å². The van der Waals surface area contributed by atoms with Crippen LogP contribution in [0.25, 0.3) is 0 Å². The number of rotatable bonds is 9. The highest BCUT2D eigenvalue weighted by Gasteiger charge is 2.02. The van der Waals surface area contributed by atoms with Crippen LogP contribution < -0.4 is 10.6 Å². The Bertz CT molecular complexity index is 454. The fourth-order valence-electron chi connectivity index (χ4n) is 2.22. The molecule has 1 aromatic rings. The van der Waals surface area contributed by atoms with E-state index in [4.69, 9.17) is 5.11 Å². The molecule has 0 amide bonds. The van der Waals surface area contributed by atoms with Crippen molar-refractivity contribution in [1.29, 1.82) is 0 Å². The Morgan fingerprint density at radius 1 is 1.13 bits per heavy atom. The lowest BCUT2D eigenvalue weighted by Gasteiger charge is -2.12. The van der Waals surface area contributed by atoms with E-state index in [0.717, 1.165) is 31.9 Å². The van der Waals surface area contributed by atoms with Crippen LogP contribution in [0.4, 0.5) is 0 Å². The van der Waals surface area contributed by atoms with E-state index in [1.54, 1.807) is 0 Å². The molecule has 1 atom stereocenters. The Morgan fingerprint density at radius 2 is 1.83 bits per heavy atom. The van der Waals surface area contributed by atoms with Gasteiger partial charge in [0.25, 0.3) is 0 Å². The molecule has 0 aliphatic rings. The van der Waals surface area contributed by atoms with Gasteiger partial charge in [-0.15, -0.1) is 0 Å². The average molecular weight is 319 g/mol. The number of benzene rings is 1. The zero-order valence-corrected chi connectivity index (χ0v) is 15.1. The highest BCUT2D eigenvalue weighted by atomic mass is 16.3. The van der Waals surface area contributed by atoms with Crippen LogP contribution in [0.3, 0.4) is 0 Å². The predicted octanol–water partition coefficient (Wildman–Crippen LogP) is 2.93. The van der Waals surface area contributed by atoms with Gasteiger partial charge in [0.1, 0.15) is 0 Å². The molecule has 3 N–H and O–H groups in total. The molecule has 0 bridgehead atoms. The lowest BCUT2D eigenvalue weighted by atomic mass is 10.0. The van der Waals surface area contributed by atoms with Crippen LogP contribution in [-0.4, -0.2) is 37.3 Å². The minimum atomic E-state index is 0.176. The summed E-state index contributed by atoms with van der Waals surface area (Å²) in [6, 6.07) is 8.93. The Balaban J connectivity index is 2.35. The van der Waals surface area contributed by atoms with Gasteiger partial charge in [-0.05, 0) is 42.7 Å². The highest BCUT2D eigenvalue weighted by molar-refractivity contribution is 5.79. The molecule has 1 aromatic carbocycles. The Morgan fingerprint density at radius 3 is 2.39 bits per heavy atom. The standard InChI is InChI=1S/C19H33N3O/c1-5-20-19(22-13-16(4)14-23)21-12-6-7-17-8-10-18(11-9-17)15(2)3/h8-11,15-16,23H,5-7,12-14H2,1-4H3,(H2,20,21,22). The molecule has 4 heteroatoms. The molecule has 0 saturated heterocycles. The van der Waals surface area contributed by atoms with E-state index in [1.807, 2.05) is 6.92 Å². The van der Waals surface area contributed by atoms with E-state index >= 15 is 0 Å². The number of hydrogen-bond donors (Lipinski definition) is 3. The van der Waals surface area contributed by atoms with Gasteiger partial charge in [0.05, 0.1) is 0 Å². The maximum Gasteiger partial charge on any atom is 0.191 e. The van der Waals surface area contributed by atoms with Crippen LogP contribution in [0.2, 0.25) is 0 Å². The van der Waals surface area contributed by atoms with Gasteiger partial charge in [0, 0.05) is 26.2 Å². The van der Waals surface area contributed by atoms with Gasteiger partial charge in [-0.2, -0.15) is 0 Å². The predicted molar refractivity (Wildman–Crippen MR) is 99.1 cm³/mol. The number of aliphatic hydroxyl groups is 1. The zero-order chi connectivity index (χ0) is 17.1. The first-order valence-electron chi connectivity index (χ1n) is 8.78. The third-order valence-corrected chi connectivity index (χ3v) is 3.80. The summed E-state index contributed by atoms with van der Waals surface area (Å²) in [6.07, 6.45) is 2.14. The van der Waals surface area contributed by atoms with E-state index in [0.29, 0.717) is 12.5 Å². The van der Waals surface area contributed by atoms with Crippen molar-refractivity contribution in [2.45, 2.75) is 46.5 Å². The summed E-state index contributed by atoms with van der Waals surface area (Å²) in [6.45, 7) is 11.0. The highest BCUT2D eigenvalue weighted by Crippen LogP contribution is 2.15. The van der Waals surface area contributed by atoms with Gasteiger partial charge in [-0.3, -0.25) is 4.99 Å². The fourth-order valence-corrected chi connectivity index (χ4v) is 2.22. The summed E-state index contributed by atoms with van der Waals surface area (Å²) < 4.78 is 0. The molecular weight excluding hydrogens is 286 g/mol. The van der Waals surface area contributed by atoms with Gasteiger partial charge in [0.2, 0.25) is 0 Å².